The Labute approximate surface area is 186 Å². The predicted molar refractivity (Wildman–Crippen MR) is 120 cm³/mol. The van der Waals surface area contributed by atoms with E-state index >= 15 is 0 Å². The van der Waals surface area contributed by atoms with Gasteiger partial charge in [0.15, 0.2) is 0 Å². The number of hydrogen-bond donors (Lipinski definition) is 2. The minimum absolute atomic E-state index is 0.0157. The van der Waals surface area contributed by atoms with Crippen molar-refractivity contribution in [3.05, 3.63) is 101 Å². The number of methoxy groups -OCH3 is 1. The summed E-state index contributed by atoms with van der Waals surface area (Å²) < 4.78 is 5.23. The summed E-state index contributed by atoms with van der Waals surface area (Å²) in [4.78, 5) is 27.5. The second-order valence-corrected chi connectivity index (χ2v) is 7.55. The van der Waals surface area contributed by atoms with Crippen LogP contribution in [-0.2, 0) is 16.0 Å². The highest BCUT2D eigenvalue weighted by Gasteiger charge is 2.45. The third-order valence-corrected chi connectivity index (χ3v) is 5.58. The van der Waals surface area contributed by atoms with Crippen molar-refractivity contribution in [3.8, 4) is 11.5 Å². The molecule has 2 N–H and O–H groups in total. The second-order valence-electron chi connectivity index (χ2n) is 7.55. The Kier molecular flexibility index (Phi) is 5.94. The maximum absolute atomic E-state index is 13.1. The molecule has 6 heteroatoms. The molecular weight excluding hydrogens is 406 g/mol. The van der Waals surface area contributed by atoms with Crippen LogP contribution in [-0.4, -0.2) is 40.5 Å². The first-order valence-corrected chi connectivity index (χ1v) is 10.3. The van der Waals surface area contributed by atoms with Gasteiger partial charge in [-0.25, -0.2) is 0 Å². The van der Waals surface area contributed by atoms with E-state index < -0.39 is 17.7 Å². The van der Waals surface area contributed by atoms with E-state index in [0.717, 1.165) is 5.56 Å². The van der Waals surface area contributed by atoms with E-state index in [4.69, 9.17) is 4.74 Å². The number of phenolic OH excluding ortho intramolecular Hbond substituents is 1. The second kappa shape index (κ2) is 8.98. The first-order valence-electron chi connectivity index (χ1n) is 10.3. The van der Waals surface area contributed by atoms with Gasteiger partial charge in [-0.15, -0.1) is 0 Å². The summed E-state index contributed by atoms with van der Waals surface area (Å²) in [5.74, 6) is -1.07. The molecule has 32 heavy (non-hydrogen) atoms. The molecule has 1 aliphatic rings. The number of carbonyl (C=O) groups is 2. The minimum Gasteiger partial charge on any atom is -0.508 e. The van der Waals surface area contributed by atoms with Gasteiger partial charge in [-0.3, -0.25) is 9.59 Å². The third kappa shape index (κ3) is 4.07. The summed E-state index contributed by atoms with van der Waals surface area (Å²) in [6, 6.07) is 21.9. The van der Waals surface area contributed by atoms with Gasteiger partial charge in [0.1, 0.15) is 17.3 Å². The lowest BCUT2D eigenvalue weighted by molar-refractivity contribution is -0.139. The SMILES string of the molecule is COc1cccc(C(O)=C2C(=O)C(=O)N(CCc3ccccc3)[C@H]2c2ccc(O)cc2)c1. The Hall–Kier alpha value is -4.06. The zero-order valence-electron chi connectivity index (χ0n) is 17.6. The molecular formula is C26H23NO5. The van der Waals surface area contributed by atoms with Crippen LogP contribution in [0.4, 0.5) is 0 Å². The van der Waals surface area contributed by atoms with Crippen molar-refractivity contribution in [2.45, 2.75) is 12.5 Å². The number of carbonyl (C=O) groups excluding carboxylic acids is 2. The standard InChI is InChI=1S/C26H23NO5/c1-32-21-9-5-8-19(16-21)24(29)22-23(18-10-12-20(28)13-11-18)27(26(31)25(22)30)15-14-17-6-3-2-4-7-17/h2-13,16,23,28-29H,14-15H2,1H3/t23-/m0/s1. The fraction of sp³-hybridized carbons (Fsp3) is 0.154. The highest BCUT2D eigenvalue weighted by molar-refractivity contribution is 6.46. The Morgan fingerprint density at radius 1 is 0.969 bits per heavy atom. The number of benzene rings is 3. The number of ketones is 1. The van der Waals surface area contributed by atoms with Crippen LogP contribution in [0, 0.1) is 0 Å². The summed E-state index contributed by atoms with van der Waals surface area (Å²) in [6.45, 7) is 0.301. The highest BCUT2D eigenvalue weighted by Crippen LogP contribution is 2.40. The molecule has 162 valence electrons. The van der Waals surface area contributed by atoms with Crippen molar-refractivity contribution < 1.29 is 24.5 Å². The van der Waals surface area contributed by atoms with E-state index in [1.807, 2.05) is 30.3 Å². The molecule has 1 saturated heterocycles. The summed E-state index contributed by atoms with van der Waals surface area (Å²) in [5.41, 5.74) is 2.06. The van der Waals surface area contributed by atoms with Crippen LogP contribution in [0.25, 0.3) is 5.76 Å². The van der Waals surface area contributed by atoms with Crippen LogP contribution in [0.15, 0.2) is 84.4 Å². The van der Waals surface area contributed by atoms with Crippen molar-refractivity contribution in [2.24, 2.45) is 0 Å². The van der Waals surface area contributed by atoms with Crippen LogP contribution in [0.5, 0.6) is 11.5 Å². The van der Waals surface area contributed by atoms with E-state index in [9.17, 15) is 19.8 Å². The Morgan fingerprint density at radius 3 is 2.38 bits per heavy atom. The third-order valence-electron chi connectivity index (χ3n) is 5.58. The van der Waals surface area contributed by atoms with E-state index in [-0.39, 0.29) is 17.1 Å². The van der Waals surface area contributed by atoms with Gasteiger partial charge < -0.3 is 19.8 Å². The first-order chi connectivity index (χ1) is 15.5. The number of aromatic hydroxyl groups is 1. The number of aliphatic hydroxyl groups is 1. The molecule has 0 radical (unpaired) electrons. The zero-order valence-corrected chi connectivity index (χ0v) is 17.6. The number of nitrogens with zero attached hydrogens (tertiary/aromatic N) is 1. The van der Waals surface area contributed by atoms with Gasteiger partial charge in [-0.1, -0.05) is 54.6 Å². The number of phenols is 1. The van der Waals surface area contributed by atoms with Gasteiger partial charge in [0.05, 0.1) is 18.7 Å². The Bertz CT molecular complexity index is 1170. The Balaban J connectivity index is 1.79. The maximum Gasteiger partial charge on any atom is 0.295 e. The van der Waals surface area contributed by atoms with Crippen molar-refractivity contribution in [1.82, 2.24) is 4.90 Å². The lowest BCUT2D eigenvalue weighted by Gasteiger charge is -2.25. The maximum atomic E-state index is 13.1. The molecule has 0 bridgehead atoms. The topological polar surface area (TPSA) is 87.1 Å². The number of aliphatic hydroxyl groups excluding tert-OH is 1. The average molecular weight is 429 g/mol. The molecule has 3 aromatic carbocycles. The molecule has 3 aromatic rings. The van der Waals surface area contributed by atoms with Crippen LogP contribution < -0.4 is 4.74 Å². The minimum atomic E-state index is -0.773. The molecule has 0 aromatic heterocycles. The molecule has 1 amide bonds. The first kappa shape index (κ1) is 21.2. The summed E-state index contributed by atoms with van der Waals surface area (Å²) in [6.07, 6.45) is 0.557. The number of amides is 1. The van der Waals surface area contributed by atoms with Gasteiger partial charge in [0, 0.05) is 12.1 Å². The van der Waals surface area contributed by atoms with E-state index in [1.54, 1.807) is 36.4 Å². The molecule has 6 nitrogen and oxygen atoms in total. The average Bonchev–Trinajstić information content (AvgIpc) is 3.08. The lowest BCUT2D eigenvalue weighted by Crippen LogP contribution is -2.31. The summed E-state index contributed by atoms with van der Waals surface area (Å²) >= 11 is 0. The van der Waals surface area contributed by atoms with Crippen molar-refractivity contribution in [3.63, 3.8) is 0 Å². The fourth-order valence-electron chi connectivity index (χ4n) is 3.93. The number of rotatable bonds is 6. The molecule has 0 unspecified atom stereocenters. The van der Waals surface area contributed by atoms with Gasteiger partial charge in [0.2, 0.25) is 0 Å². The smallest absolute Gasteiger partial charge is 0.295 e. The van der Waals surface area contributed by atoms with Crippen LogP contribution in [0.1, 0.15) is 22.7 Å². The highest BCUT2D eigenvalue weighted by atomic mass is 16.5. The molecule has 4 rings (SSSR count). The van der Waals surface area contributed by atoms with Gasteiger partial charge in [-0.05, 0) is 41.8 Å². The quantitative estimate of drug-likeness (QED) is 0.351. The van der Waals surface area contributed by atoms with Crippen LogP contribution in [0.2, 0.25) is 0 Å². The van der Waals surface area contributed by atoms with E-state index in [0.29, 0.717) is 29.8 Å². The number of Topliss-reactive ketones (excluding diaryl/α,β-unsaturated/α-hetero) is 1. The largest absolute Gasteiger partial charge is 0.508 e. The molecule has 0 aliphatic carbocycles. The number of likely N-dealkylation sites (tertiary alicyclic amines) is 1. The molecule has 0 saturated carbocycles. The Morgan fingerprint density at radius 2 is 1.69 bits per heavy atom. The van der Waals surface area contributed by atoms with Crippen molar-refractivity contribution >= 4 is 17.4 Å². The number of hydrogen-bond acceptors (Lipinski definition) is 5. The van der Waals surface area contributed by atoms with Crippen molar-refractivity contribution in [2.75, 3.05) is 13.7 Å². The number of ether oxygens (including phenoxy) is 1. The predicted octanol–water partition coefficient (Wildman–Crippen LogP) is 4.07. The lowest BCUT2D eigenvalue weighted by atomic mass is 9.95. The van der Waals surface area contributed by atoms with Gasteiger partial charge >= 0.3 is 0 Å². The fourth-order valence-corrected chi connectivity index (χ4v) is 3.93. The van der Waals surface area contributed by atoms with E-state index in [2.05, 4.69) is 0 Å². The molecule has 1 atom stereocenters. The van der Waals surface area contributed by atoms with Gasteiger partial charge in [-0.2, -0.15) is 0 Å². The van der Waals surface area contributed by atoms with Gasteiger partial charge in [0.25, 0.3) is 11.7 Å². The molecule has 1 aliphatic heterocycles. The normalized spacial score (nSPS) is 17.5. The van der Waals surface area contributed by atoms with E-state index in [1.165, 1.54) is 24.1 Å². The summed E-state index contributed by atoms with van der Waals surface area (Å²) in [5, 5.41) is 20.8. The van der Waals surface area contributed by atoms with Crippen molar-refractivity contribution in [1.29, 1.82) is 0 Å². The monoisotopic (exact) mass is 429 g/mol. The molecule has 0 spiro atoms. The summed E-state index contributed by atoms with van der Waals surface area (Å²) in [7, 11) is 1.51. The zero-order chi connectivity index (χ0) is 22.7. The van der Waals surface area contributed by atoms with Crippen LogP contribution in [0.3, 0.4) is 0 Å². The molecule has 1 heterocycles. The van der Waals surface area contributed by atoms with Crippen LogP contribution >= 0.6 is 0 Å². The molecule has 1 fully saturated rings.